The Hall–Kier alpha value is -6.97. The number of nitrogens with one attached hydrogen (secondary N) is 1. The molecule has 0 saturated heterocycles. The maximum atomic E-state index is 8.57. The summed E-state index contributed by atoms with van der Waals surface area (Å²) in [5.41, 5.74) is 18.2. The second-order valence-electron chi connectivity index (χ2n) is 12.9. The van der Waals surface area contributed by atoms with Crippen molar-refractivity contribution in [2.24, 2.45) is 5.73 Å². The molecule has 3 N–H and O–H groups in total. The number of aryl methyl sites for hydroxylation is 1. The normalized spacial score (nSPS) is 11.0. The molecular formula is C50H41N3. The molecule has 0 aliphatic rings. The van der Waals surface area contributed by atoms with Crippen molar-refractivity contribution >= 4 is 39.2 Å². The number of nitrogens with zero attached hydrogens (tertiary/aromatic N) is 1. The molecule has 0 saturated carbocycles. The fraction of sp³-hybridized carbons (Fsp3) is 0.0200. The van der Waals surface area contributed by atoms with Gasteiger partial charge in [0.1, 0.15) is 0 Å². The molecule has 3 nitrogen and oxygen atoms in total. The van der Waals surface area contributed by atoms with Gasteiger partial charge in [0.2, 0.25) is 0 Å². The maximum Gasteiger partial charge on any atom is 0.0632 e. The van der Waals surface area contributed by atoms with Gasteiger partial charge in [-0.3, -0.25) is 0 Å². The van der Waals surface area contributed by atoms with E-state index in [4.69, 9.17) is 11.1 Å². The monoisotopic (exact) mass is 683 g/mol. The Bertz CT molecular complexity index is 2450. The number of allylic oxidation sites excluding steroid dienone is 1. The molecule has 0 heterocycles. The molecule has 8 rings (SSSR count). The Morgan fingerprint density at radius 1 is 0.472 bits per heavy atom. The van der Waals surface area contributed by atoms with Crippen molar-refractivity contribution in [3.05, 3.63) is 229 Å². The smallest absolute Gasteiger partial charge is 0.0632 e. The Labute approximate surface area is 312 Å². The van der Waals surface area contributed by atoms with Gasteiger partial charge in [0.05, 0.1) is 11.4 Å². The van der Waals surface area contributed by atoms with Crippen molar-refractivity contribution in [2.45, 2.75) is 6.92 Å². The highest BCUT2D eigenvalue weighted by molar-refractivity contribution is 6.10. The molecular weight excluding hydrogens is 643 g/mol. The lowest BCUT2D eigenvalue weighted by molar-refractivity contribution is 1.30. The van der Waals surface area contributed by atoms with E-state index < -0.39 is 0 Å². The number of hydrogen-bond donors (Lipinski definition) is 2. The fourth-order valence-electron chi connectivity index (χ4n) is 6.42. The van der Waals surface area contributed by atoms with Crippen LogP contribution in [0.1, 0.15) is 16.7 Å². The number of benzene rings is 8. The van der Waals surface area contributed by atoms with Gasteiger partial charge in [0, 0.05) is 22.5 Å². The zero-order valence-corrected chi connectivity index (χ0v) is 29.7. The predicted octanol–water partition coefficient (Wildman–Crippen LogP) is 13.0. The van der Waals surface area contributed by atoms with Gasteiger partial charge in [-0.15, -0.1) is 0 Å². The highest BCUT2D eigenvalue weighted by Gasteiger charge is 2.15. The molecule has 0 bridgehead atoms. The van der Waals surface area contributed by atoms with E-state index in [1.165, 1.54) is 16.3 Å². The van der Waals surface area contributed by atoms with E-state index in [9.17, 15) is 0 Å². The lowest BCUT2D eigenvalue weighted by Crippen LogP contribution is -2.10. The second-order valence-corrected chi connectivity index (χ2v) is 12.9. The lowest BCUT2D eigenvalue weighted by atomic mass is 9.97. The Morgan fingerprint density at radius 3 is 1.60 bits per heavy atom. The minimum atomic E-state index is 0.384. The van der Waals surface area contributed by atoms with E-state index in [-0.39, 0.29) is 0 Å². The van der Waals surface area contributed by atoms with Gasteiger partial charge in [0.15, 0.2) is 0 Å². The largest absolute Gasteiger partial charge is 0.398 e. The molecule has 256 valence electrons. The molecule has 0 aliphatic carbocycles. The van der Waals surface area contributed by atoms with Crippen molar-refractivity contribution in [2.75, 3.05) is 4.90 Å². The molecule has 53 heavy (non-hydrogen) atoms. The zero-order chi connectivity index (χ0) is 36.4. The van der Waals surface area contributed by atoms with Crippen LogP contribution >= 0.6 is 0 Å². The zero-order valence-electron chi connectivity index (χ0n) is 29.7. The molecule has 0 aliphatic heterocycles. The summed E-state index contributed by atoms with van der Waals surface area (Å²) < 4.78 is 0. The van der Waals surface area contributed by atoms with E-state index in [0.29, 0.717) is 11.4 Å². The lowest BCUT2D eigenvalue weighted by Gasteiger charge is -2.27. The first kappa shape index (κ1) is 34.5. The van der Waals surface area contributed by atoms with E-state index in [1.54, 1.807) is 6.08 Å². The molecule has 0 unspecified atom stereocenters. The first-order chi connectivity index (χ1) is 26.0. The van der Waals surface area contributed by atoms with Crippen LogP contribution in [0.15, 0.2) is 212 Å². The first-order valence-corrected chi connectivity index (χ1v) is 17.8. The summed E-state index contributed by atoms with van der Waals surface area (Å²) in [6.45, 7) is 2.08. The predicted molar refractivity (Wildman–Crippen MR) is 226 cm³/mol. The highest BCUT2D eigenvalue weighted by atomic mass is 15.1. The molecule has 0 spiro atoms. The van der Waals surface area contributed by atoms with Gasteiger partial charge in [-0.25, -0.2) is 0 Å². The molecule has 0 atom stereocenters. The summed E-state index contributed by atoms with van der Waals surface area (Å²) in [6.07, 6.45) is 1.72. The van der Waals surface area contributed by atoms with Crippen molar-refractivity contribution < 1.29 is 0 Å². The van der Waals surface area contributed by atoms with Gasteiger partial charge >= 0.3 is 0 Å². The third kappa shape index (κ3) is 8.33. The van der Waals surface area contributed by atoms with Crippen LogP contribution in [0.4, 0.5) is 17.1 Å². The number of anilines is 3. The van der Waals surface area contributed by atoms with E-state index >= 15 is 0 Å². The van der Waals surface area contributed by atoms with Crippen LogP contribution in [0.3, 0.4) is 0 Å². The molecule has 0 fully saturated rings. The van der Waals surface area contributed by atoms with E-state index in [1.807, 2.05) is 60.7 Å². The van der Waals surface area contributed by atoms with Crippen molar-refractivity contribution in [3.8, 4) is 22.3 Å². The van der Waals surface area contributed by atoms with E-state index in [0.717, 1.165) is 50.4 Å². The first-order valence-electron chi connectivity index (χ1n) is 17.8. The third-order valence-electron chi connectivity index (χ3n) is 9.22. The van der Waals surface area contributed by atoms with Crippen LogP contribution < -0.4 is 10.6 Å². The summed E-state index contributed by atoms with van der Waals surface area (Å²) >= 11 is 0. The van der Waals surface area contributed by atoms with Crippen LogP contribution in [0.5, 0.6) is 0 Å². The molecule has 8 aromatic carbocycles. The Balaban J connectivity index is 0.000000559. The summed E-state index contributed by atoms with van der Waals surface area (Å²) in [5.74, 6) is 0. The summed E-state index contributed by atoms with van der Waals surface area (Å²) in [4.78, 5) is 2.32. The number of para-hydroxylation sites is 1. The third-order valence-corrected chi connectivity index (χ3v) is 9.22. The molecule has 0 amide bonds. The number of nitrogens with two attached hydrogens (primary N) is 1. The van der Waals surface area contributed by atoms with Crippen LogP contribution in [-0.4, -0.2) is 5.71 Å². The van der Waals surface area contributed by atoms with Crippen molar-refractivity contribution in [3.63, 3.8) is 0 Å². The topological polar surface area (TPSA) is 53.1 Å². The average Bonchev–Trinajstić information content (AvgIpc) is 3.23. The molecule has 3 heteroatoms. The van der Waals surface area contributed by atoms with Gasteiger partial charge in [-0.05, 0) is 88.2 Å². The quantitative estimate of drug-likeness (QED) is 0.157. The van der Waals surface area contributed by atoms with Gasteiger partial charge in [-0.1, -0.05) is 175 Å². The van der Waals surface area contributed by atoms with E-state index in [2.05, 4.69) is 157 Å². The number of hydrogen-bond acceptors (Lipinski definition) is 3. The van der Waals surface area contributed by atoms with Crippen LogP contribution in [0.2, 0.25) is 0 Å². The van der Waals surface area contributed by atoms with Crippen LogP contribution in [0.25, 0.3) is 38.7 Å². The standard InChI is InChI=1S/C43H33N3.C7H8/c44-41(34-12-3-1-4-13-34)30-42(45)35-23-21-31(22-24-35)36-15-9-16-37(29-36)32-25-27-39(28-26-32)46(38-17-5-2-6-18-38)43-20-10-14-33-11-7-8-19-40(33)43;1-7-5-3-2-4-6-7/h1-30,45H,44H2;2-6H,1H3/b41-30-,45-42?;. The molecule has 0 aromatic heterocycles. The molecule has 0 radical (unpaired) electrons. The van der Waals surface area contributed by atoms with Crippen LogP contribution in [-0.2, 0) is 0 Å². The SMILES string of the molecule is Cc1ccccc1.N=C(/C=C(\N)c1ccccc1)c1ccc(-c2cccc(-c3ccc(N(c4ccccc4)c4cccc5ccccc45)cc3)c2)cc1. The van der Waals surface area contributed by atoms with Gasteiger partial charge < -0.3 is 16.0 Å². The Kier molecular flexibility index (Phi) is 10.6. The minimum Gasteiger partial charge on any atom is -0.398 e. The average molecular weight is 684 g/mol. The number of rotatable bonds is 8. The fourth-order valence-corrected chi connectivity index (χ4v) is 6.42. The summed E-state index contributed by atoms with van der Waals surface area (Å²) in [7, 11) is 0. The summed E-state index contributed by atoms with van der Waals surface area (Å²) in [6, 6.07) is 71.1. The number of fused-ring (bicyclic) bond motifs is 1. The van der Waals surface area contributed by atoms with Crippen LogP contribution in [0, 0.1) is 12.3 Å². The van der Waals surface area contributed by atoms with Crippen molar-refractivity contribution in [1.29, 1.82) is 5.41 Å². The maximum absolute atomic E-state index is 8.57. The Morgan fingerprint density at radius 2 is 0.981 bits per heavy atom. The highest BCUT2D eigenvalue weighted by Crippen LogP contribution is 2.39. The van der Waals surface area contributed by atoms with Crippen molar-refractivity contribution in [1.82, 2.24) is 0 Å². The minimum absolute atomic E-state index is 0.384. The van der Waals surface area contributed by atoms with Gasteiger partial charge in [-0.2, -0.15) is 0 Å². The second kappa shape index (κ2) is 16.4. The summed E-state index contributed by atoms with van der Waals surface area (Å²) in [5, 5.41) is 11.0. The molecule has 8 aromatic rings. The van der Waals surface area contributed by atoms with Gasteiger partial charge in [0.25, 0.3) is 0 Å².